The van der Waals surface area contributed by atoms with E-state index in [1.165, 1.54) is 18.2 Å². The van der Waals surface area contributed by atoms with Crippen LogP contribution in [0.15, 0.2) is 42.5 Å². The van der Waals surface area contributed by atoms with Gasteiger partial charge in [0.25, 0.3) is 0 Å². The van der Waals surface area contributed by atoms with Gasteiger partial charge in [-0.3, -0.25) is 9.59 Å². The van der Waals surface area contributed by atoms with Crippen LogP contribution in [0.5, 0.6) is 5.75 Å². The second-order valence-corrected chi connectivity index (χ2v) is 7.47. The minimum Gasteiger partial charge on any atom is -0.496 e. The standard InChI is InChI=1S/C22H22ClN3O4/c1-29-19-5-3-2-4-17(19)22(8-10-30-11-9-22)14-25-20(27)21(28)26-18-12-16(23)7-6-15(18)13-24/h2-7,12H,8-11,14H2,1H3,(H,25,27)(H,26,28). The molecule has 1 aliphatic rings. The lowest BCUT2D eigenvalue weighted by Crippen LogP contribution is -2.47. The molecule has 2 aromatic carbocycles. The van der Waals surface area contributed by atoms with Crippen molar-refractivity contribution in [3.8, 4) is 11.8 Å². The van der Waals surface area contributed by atoms with E-state index >= 15 is 0 Å². The number of methoxy groups -OCH3 is 1. The first-order valence-electron chi connectivity index (χ1n) is 9.49. The maximum Gasteiger partial charge on any atom is 0.313 e. The van der Waals surface area contributed by atoms with E-state index in [4.69, 9.17) is 21.1 Å². The molecule has 1 aliphatic heterocycles. The minimum atomic E-state index is -0.865. The Hall–Kier alpha value is -3.08. The van der Waals surface area contributed by atoms with Crippen molar-refractivity contribution in [1.29, 1.82) is 5.26 Å². The van der Waals surface area contributed by atoms with Gasteiger partial charge in [-0.05, 0) is 37.1 Å². The number of carbonyl (C=O) groups excluding carboxylic acids is 2. The van der Waals surface area contributed by atoms with Crippen LogP contribution in [0.4, 0.5) is 5.69 Å². The number of para-hydroxylation sites is 1. The molecule has 0 unspecified atom stereocenters. The molecule has 3 rings (SSSR count). The van der Waals surface area contributed by atoms with Crippen LogP contribution in [0.1, 0.15) is 24.0 Å². The Labute approximate surface area is 179 Å². The van der Waals surface area contributed by atoms with Crippen molar-refractivity contribution in [1.82, 2.24) is 5.32 Å². The quantitative estimate of drug-likeness (QED) is 0.714. The lowest BCUT2D eigenvalue weighted by Gasteiger charge is -2.38. The van der Waals surface area contributed by atoms with Crippen molar-refractivity contribution in [2.24, 2.45) is 0 Å². The highest BCUT2D eigenvalue weighted by atomic mass is 35.5. The van der Waals surface area contributed by atoms with Gasteiger partial charge in [-0.1, -0.05) is 29.8 Å². The van der Waals surface area contributed by atoms with Crippen molar-refractivity contribution in [3.63, 3.8) is 0 Å². The summed E-state index contributed by atoms with van der Waals surface area (Å²) in [5.41, 5.74) is 0.971. The molecule has 1 saturated heterocycles. The minimum absolute atomic E-state index is 0.190. The summed E-state index contributed by atoms with van der Waals surface area (Å²) in [4.78, 5) is 24.9. The zero-order chi connectivity index (χ0) is 21.6. The number of nitrogens with zero attached hydrogens (tertiary/aromatic N) is 1. The Bertz CT molecular complexity index is 981. The molecule has 0 saturated carbocycles. The second kappa shape index (κ2) is 9.61. The Balaban J connectivity index is 1.74. The van der Waals surface area contributed by atoms with E-state index in [1.54, 1.807) is 7.11 Å². The van der Waals surface area contributed by atoms with Crippen LogP contribution < -0.4 is 15.4 Å². The predicted molar refractivity (Wildman–Crippen MR) is 113 cm³/mol. The first-order valence-corrected chi connectivity index (χ1v) is 9.87. The van der Waals surface area contributed by atoms with Crippen molar-refractivity contribution in [2.75, 3.05) is 32.2 Å². The van der Waals surface area contributed by atoms with Gasteiger partial charge in [0, 0.05) is 35.8 Å². The number of carbonyl (C=O) groups is 2. The third kappa shape index (κ3) is 4.73. The number of anilines is 1. The number of rotatable bonds is 5. The molecule has 8 heteroatoms. The van der Waals surface area contributed by atoms with Crippen molar-refractivity contribution in [3.05, 3.63) is 58.6 Å². The highest BCUT2D eigenvalue weighted by Crippen LogP contribution is 2.39. The summed E-state index contributed by atoms with van der Waals surface area (Å²) < 4.78 is 11.0. The Kier molecular flexibility index (Phi) is 6.93. The number of nitrogens with one attached hydrogen (secondary N) is 2. The van der Waals surface area contributed by atoms with E-state index in [0.717, 1.165) is 11.3 Å². The number of ether oxygens (including phenoxy) is 2. The fourth-order valence-electron chi connectivity index (χ4n) is 3.61. The lowest BCUT2D eigenvalue weighted by atomic mass is 9.73. The molecule has 0 atom stereocenters. The number of nitriles is 1. The average molecular weight is 428 g/mol. The molecule has 2 amide bonds. The third-order valence-electron chi connectivity index (χ3n) is 5.27. The second-order valence-electron chi connectivity index (χ2n) is 7.03. The molecule has 0 spiro atoms. The van der Waals surface area contributed by atoms with Crippen molar-refractivity contribution >= 4 is 29.1 Å². The first kappa shape index (κ1) is 21.6. The maximum atomic E-state index is 12.5. The van der Waals surface area contributed by atoms with Gasteiger partial charge >= 0.3 is 11.8 Å². The SMILES string of the molecule is COc1ccccc1C1(CNC(=O)C(=O)Nc2cc(Cl)ccc2C#N)CCOCC1. The van der Waals surface area contributed by atoms with E-state index in [9.17, 15) is 14.9 Å². The Morgan fingerprint density at radius 3 is 2.63 bits per heavy atom. The Morgan fingerprint density at radius 1 is 1.20 bits per heavy atom. The van der Waals surface area contributed by atoms with Crippen LogP contribution in [0.2, 0.25) is 5.02 Å². The van der Waals surface area contributed by atoms with Crippen LogP contribution in [-0.4, -0.2) is 38.7 Å². The van der Waals surface area contributed by atoms with Gasteiger partial charge in [-0.25, -0.2) is 0 Å². The van der Waals surface area contributed by atoms with Gasteiger partial charge in [0.1, 0.15) is 11.8 Å². The lowest BCUT2D eigenvalue weighted by molar-refractivity contribution is -0.136. The summed E-state index contributed by atoms with van der Waals surface area (Å²) in [5.74, 6) is -0.925. The van der Waals surface area contributed by atoms with Crippen LogP contribution in [0.25, 0.3) is 0 Å². The monoisotopic (exact) mass is 427 g/mol. The fraction of sp³-hybridized carbons (Fsp3) is 0.318. The van der Waals surface area contributed by atoms with Gasteiger partial charge in [-0.2, -0.15) is 5.26 Å². The first-order chi connectivity index (χ1) is 14.5. The molecule has 0 radical (unpaired) electrons. The van der Waals surface area contributed by atoms with Gasteiger partial charge in [0.15, 0.2) is 0 Å². The number of benzene rings is 2. The van der Waals surface area contributed by atoms with E-state index < -0.39 is 17.2 Å². The maximum absolute atomic E-state index is 12.5. The topological polar surface area (TPSA) is 100 Å². The normalized spacial score (nSPS) is 15.0. The molecule has 1 fully saturated rings. The zero-order valence-electron chi connectivity index (χ0n) is 16.5. The van der Waals surface area contributed by atoms with E-state index in [0.29, 0.717) is 31.1 Å². The fourth-order valence-corrected chi connectivity index (χ4v) is 3.78. The number of hydrogen-bond donors (Lipinski definition) is 2. The van der Waals surface area contributed by atoms with Crippen molar-refractivity contribution in [2.45, 2.75) is 18.3 Å². The molecular formula is C22H22ClN3O4. The smallest absolute Gasteiger partial charge is 0.313 e. The molecule has 156 valence electrons. The molecule has 0 aromatic heterocycles. The summed E-state index contributed by atoms with van der Waals surface area (Å²) in [7, 11) is 1.61. The summed E-state index contributed by atoms with van der Waals surface area (Å²) in [6, 6.07) is 14.1. The van der Waals surface area contributed by atoms with E-state index in [-0.39, 0.29) is 17.8 Å². The largest absolute Gasteiger partial charge is 0.496 e. The zero-order valence-corrected chi connectivity index (χ0v) is 17.3. The van der Waals surface area contributed by atoms with Gasteiger partial charge in [0.05, 0.1) is 18.4 Å². The van der Waals surface area contributed by atoms with E-state index in [1.807, 2.05) is 30.3 Å². The number of halogens is 1. The molecule has 0 aliphatic carbocycles. The molecule has 2 N–H and O–H groups in total. The van der Waals surface area contributed by atoms with Crippen LogP contribution >= 0.6 is 11.6 Å². The molecule has 30 heavy (non-hydrogen) atoms. The van der Waals surface area contributed by atoms with Crippen LogP contribution in [-0.2, 0) is 19.7 Å². The third-order valence-corrected chi connectivity index (χ3v) is 5.51. The molecule has 1 heterocycles. The molecular weight excluding hydrogens is 406 g/mol. The summed E-state index contributed by atoms with van der Waals surface area (Å²) in [5, 5.41) is 14.7. The molecule has 0 bridgehead atoms. The number of amides is 2. The summed E-state index contributed by atoms with van der Waals surface area (Å²) in [6.07, 6.45) is 1.37. The van der Waals surface area contributed by atoms with E-state index in [2.05, 4.69) is 10.6 Å². The molecule has 7 nitrogen and oxygen atoms in total. The number of hydrogen-bond acceptors (Lipinski definition) is 5. The van der Waals surface area contributed by atoms with Crippen LogP contribution in [0.3, 0.4) is 0 Å². The Morgan fingerprint density at radius 2 is 1.93 bits per heavy atom. The highest BCUT2D eigenvalue weighted by Gasteiger charge is 2.37. The van der Waals surface area contributed by atoms with Gasteiger partial charge < -0.3 is 20.1 Å². The molecule has 2 aromatic rings. The summed E-state index contributed by atoms with van der Waals surface area (Å²) >= 11 is 5.93. The summed E-state index contributed by atoms with van der Waals surface area (Å²) in [6.45, 7) is 1.35. The predicted octanol–water partition coefficient (Wildman–Crippen LogP) is 3.02. The highest BCUT2D eigenvalue weighted by molar-refractivity contribution is 6.40. The van der Waals surface area contributed by atoms with Gasteiger partial charge in [0.2, 0.25) is 0 Å². The van der Waals surface area contributed by atoms with Crippen molar-refractivity contribution < 1.29 is 19.1 Å². The van der Waals surface area contributed by atoms with Crippen LogP contribution in [0, 0.1) is 11.3 Å². The van der Waals surface area contributed by atoms with Gasteiger partial charge in [-0.15, -0.1) is 0 Å². The average Bonchev–Trinajstić information content (AvgIpc) is 2.78.